The molecule has 1 saturated heterocycles. The molecule has 2 atom stereocenters. The summed E-state index contributed by atoms with van der Waals surface area (Å²) in [7, 11) is 0. The minimum atomic E-state index is 0.637. The van der Waals surface area contributed by atoms with E-state index in [9.17, 15) is 0 Å². The predicted molar refractivity (Wildman–Crippen MR) is 90.9 cm³/mol. The molecule has 0 bridgehead atoms. The summed E-state index contributed by atoms with van der Waals surface area (Å²) in [5.74, 6) is 1.61. The zero-order valence-electron chi connectivity index (χ0n) is 13.0. The lowest BCUT2D eigenvalue weighted by Gasteiger charge is -2.38. The number of hydrogen-bond acceptors (Lipinski definition) is 4. The first-order chi connectivity index (χ1) is 10.3. The van der Waals surface area contributed by atoms with E-state index in [1.807, 2.05) is 11.3 Å². The van der Waals surface area contributed by atoms with Crippen molar-refractivity contribution in [3.63, 3.8) is 0 Å². The molecule has 2 heterocycles. The van der Waals surface area contributed by atoms with Crippen LogP contribution in [0.3, 0.4) is 0 Å². The summed E-state index contributed by atoms with van der Waals surface area (Å²) in [4.78, 5) is 4.10. The molecule has 1 saturated carbocycles. The third kappa shape index (κ3) is 4.28. The molecule has 3 rings (SSSR count). The van der Waals surface area contributed by atoms with Crippen LogP contribution in [-0.2, 0) is 0 Å². The zero-order chi connectivity index (χ0) is 14.5. The van der Waals surface area contributed by atoms with Crippen LogP contribution in [0, 0.1) is 5.92 Å². The van der Waals surface area contributed by atoms with E-state index in [0.29, 0.717) is 12.0 Å². The molecule has 1 aliphatic carbocycles. The van der Waals surface area contributed by atoms with Gasteiger partial charge < -0.3 is 11.1 Å². The van der Waals surface area contributed by atoms with Crippen LogP contribution in [0.5, 0.6) is 0 Å². The van der Waals surface area contributed by atoms with Crippen molar-refractivity contribution < 1.29 is 0 Å². The molecule has 4 heteroatoms. The Kier molecular flexibility index (Phi) is 5.69. The Morgan fingerprint density at radius 2 is 2.14 bits per heavy atom. The van der Waals surface area contributed by atoms with E-state index >= 15 is 0 Å². The molecule has 2 fully saturated rings. The van der Waals surface area contributed by atoms with Crippen molar-refractivity contribution in [3.8, 4) is 0 Å². The molecular formula is C17H29N3S. The highest BCUT2D eigenvalue weighted by atomic mass is 32.1. The van der Waals surface area contributed by atoms with Crippen molar-refractivity contribution in [2.45, 2.75) is 44.1 Å². The fourth-order valence-corrected chi connectivity index (χ4v) is 4.82. The standard InChI is InChI=1S/C17H29N3S/c18-7-8-20-12-15(17-6-3-9-21-17)10-16(13-20)19-11-14-4-1-2-5-14/h3,6,9,14-16,19H,1-2,4-5,7-8,10-13,18H2. The fraction of sp³-hybridized carbons (Fsp3) is 0.765. The van der Waals surface area contributed by atoms with Crippen LogP contribution in [0.4, 0.5) is 0 Å². The summed E-state index contributed by atoms with van der Waals surface area (Å²) in [5.41, 5.74) is 5.78. The SMILES string of the molecule is NCCN1CC(NCC2CCCC2)CC(c2cccs2)C1. The molecule has 0 aromatic carbocycles. The molecule has 1 aliphatic heterocycles. The minimum absolute atomic E-state index is 0.637. The summed E-state index contributed by atoms with van der Waals surface area (Å²) in [6.45, 7) is 5.37. The van der Waals surface area contributed by atoms with Gasteiger partial charge in [-0.05, 0) is 43.2 Å². The Morgan fingerprint density at radius 3 is 2.86 bits per heavy atom. The smallest absolute Gasteiger partial charge is 0.0201 e. The highest BCUT2D eigenvalue weighted by Crippen LogP contribution is 2.30. The van der Waals surface area contributed by atoms with Gasteiger partial charge in [0.15, 0.2) is 0 Å². The minimum Gasteiger partial charge on any atom is -0.329 e. The highest BCUT2D eigenvalue weighted by molar-refractivity contribution is 7.10. The number of nitrogens with one attached hydrogen (secondary N) is 1. The number of nitrogens with two attached hydrogens (primary N) is 1. The van der Waals surface area contributed by atoms with E-state index in [1.54, 1.807) is 4.88 Å². The summed E-state index contributed by atoms with van der Waals surface area (Å²) >= 11 is 1.91. The van der Waals surface area contributed by atoms with Crippen LogP contribution >= 0.6 is 11.3 Å². The Morgan fingerprint density at radius 1 is 1.29 bits per heavy atom. The third-order valence-corrected chi connectivity index (χ3v) is 6.12. The van der Waals surface area contributed by atoms with Crippen molar-refractivity contribution in [3.05, 3.63) is 22.4 Å². The molecule has 1 aromatic heterocycles. The van der Waals surface area contributed by atoms with Gasteiger partial charge >= 0.3 is 0 Å². The summed E-state index contributed by atoms with van der Waals surface area (Å²) in [6, 6.07) is 5.12. The summed E-state index contributed by atoms with van der Waals surface area (Å²) in [5, 5.41) is 6.07. The number of rotatable bonds is 6. The molecule has 1 aromatic rings. The number of nitrogens with zero attached hydrogens (tertiary/aromatic N) is 1. The summed E-state index contributed by atoms with van der Waals surface area (Å²) < 4.78 is 0. The zero-order valence-corrected chi connectivity index (χ0v) is 13.8. The van der Waals surface area contributed by atoms with Crippen molar-refractivity contribution >= 4 is 11.3 Å². The van der Waals surface area contributed by atoms with Crippen LogP contribution in [0.15, 0.2) is 17.5 Å². The predicted octanol–water partition coefficient (Wildman–Crippen LogP) is 2.64. The van der Waals surface area contributed by atoms with Gasteiger partial charge in [0.2, 0.25) is 0 Å². The second-order valence-electron chi connectivity index (χ2n) is 6.75. The van der Waals surface area contributed by atoms with Crippen LogP contribution in [0.2, 0.25) is 0 Å². The lowest BCUT2D eigenvalue weighted by atomic mass is 9.92. The monoisotopic (exact) mass is 307 g/mol. The Balaban J connectivity index is 1.56. The van der Waals surface area contributed by atoms with E-state index in [2.05, 4.69) is 27.7 Å². The molecule has 0 spiro atoms. The van der Waals surface area contributed by atoms with Gasteiger partial charge in [-0.3, -0.25) is 4.90 Å². The third-order valence-electron chi connectivity index (χ3n) is 5.09. The normalized spacial score (nSPS) is 28.2. The Hall–Kier alpha value is -0.420. The van der Waals surface area contributed by atoms with Gasteiger partial charge in [-0.2, -0.15) is 0 Å². The van der Waals surface area contributed by atoms with E-state index < -0.39 is 0 Å². The average molecular weight is 308 g/mol. The van der Waals surface area contributed by atoms with Crippen molar-refractivity contribution in [2.24, 2.45) is 11.7 Å². The quantitative estimate of drug-likeness (QED) is 0.849. The van der Waals surface area contributed by atoms with E-state index in [0.717, 1.165) is 19.0 Å². The topological polar surface area (TPSA) is 41.3 Å². The van der Waals surface area contributed by atoms with Gasteiger partial charge in [0.25, 0.3) is 0 Å². The van der Waals surface area contributed by atoms with Crippen molar-refractivity contribution in [1.82, 2.24) is 10.2 Å². The van der Waals surface area contributed by atoms with Gasteiger partial charge in [-0.1, -0.05) is 18.9 Å². The average Bonchev–Trinajstić information content (AvgIpc) is 3.19. The van der Waals surface area contributed by atoms with E-state index in [4.69, 9.17) is 5.73 Å². The number of likely N-dealkylation sites (tertiary alicyclic amines) is 1. The molecule has 0 radical (unpaired) electrons. The first-order valence-corrected chi connectivity index (χ1v) is 9.42. The maximum atomic E-state index is 5.78. The molecular weight excluding hydrogens is 278 g/mol. The van der Waals surface area contributed by atoms with Gasteiger partial charge in [0, 0.05) is 43.0 Å². The molecule has 3 nitrogen and oxygen atoms in total. The number of hydrogen-bond donors (Lipinski definition) is 2. The largest absolute Gasteiger partial charge is 0.329 e. The first kappa shape index (κ1) is 15.5. The molecule has 2 unspecified atom stereocenters. The van der Waals surface area contributed by atoms with Crippen LogP contribution in [-0.4, -0.2) is 43.7 Å². The van der Waals surface area contributed by atoms with E-state index in [1.165, 1.54) is 51.7 Å². The second-order valence-corrected chi connectivity index (χ2v) is 7.73. The maximum Gasteiger partial charge on any atom is 0.0201 e. The van der Waals surface area contributed by atoms with Crippen molar-refractivity contribution in [1.29, 1.82) is 0 Å². The van der Waals surface area contributed by atoms with E-state index in [-0.39, 0.29) is 0 Å². The van der Waals surface area contributed by atoms with Gasteiger partial charge in [-0.25, -0.2) is 0 Å². The molecule has 0 amide bonds. The van der Waals surface area contributed by atoms with Crippen LogP contribution < -0.4 is 11.1 Å². The first-order valence-electron chi connectivity index (χ1n) is 8.54. The van der Waals surface area contributed by atoms with Crippen molar-refractivity contribution in [2.75, 3.05) is 32.7 Å². The Labute approximate surface area is 132 Å². The molecule has 2 aliphatic rings. The molecule has 118 valence electrons. The Bertz CT molecular complexity index is 400. The number of thiophene rings is 1. The number of piperidine rings is 1. The van der Waals surface area contributed by atoms with Gasteiger partial charge in [0.1, 0.15) is 0 Å². The lowest BCUT2D eigenvalue weighted by molar-refractivity contribution is 0.173. The van der Waals surface area contributed by atoms with Gasteiger partial charge in [-0.15, -0.1) is 11.3 Å². The lowest BCUT2D eigenvalue weighted by Crippen LogP contribution is -2.50. The second kappa shape index (κ2) is 7.73. The molecule has 21 heavy (non-hydrogen) atoms. The maximum absolute atomic E-state index is 5.78. The van der Waals surface area contributed by atoms with Crippen LogP contribution in [0.25, 0.3) is 0 Å². The molecule has 3 N–H and O–H groups in total. The highest BCUT2D eigenvalue weighted by Gasteiger charge is 2.28. The van der Waals surface area contributed by atoms with Crippen LogP contribution in [0.1, 0.15) is 42.9 Å². The summed E-state index contributed by atoms with van der Waals surface area (Å²) in [6.07, 6.45) is 7.03. The fourth-order valence-electron chi connectivity index (χ4n) is 3.98. The van der Waals surface area contributed by atoms with Gasteiger partial charge in [0.05, 0.1) is 0 Å².